The fraction of sp³-hybridized carbons (Fsp3) is 0.471. The summed E-state index contributed by atoms with van der Waals surface area (Å²) in [7, 11) is 1.70. The zero-order chi connectivity index (χ0) is 14.7. The molecule has 0 atom stereocenters. The molecule has 1 aliphatic heterocycles. The third-order valence-electron chi connectivity index (χ3n) is 4.01. The van der Waals surface area contributed by atoms with Crippen molar-refractivity contribution in [1.82, 2.24) is 10.3 Å². The van der Waals surface area contributed by atoms with Gasteiger partial charge in [-0.05, 0) is 24.6 Å². The van der Waals surface area contributed by atoms with Gasteiger partial charge in [0.1, 0.15) is 5.75 Å². The first-order valence-corrected chi connectivity index (χ1v) is 7.75. The van der Waals surface area contributed by atoms with Crippen LogP contribution in [-0.2, 0) is 6.42 Å². The molecule has 112 valence electrons. The monoisotopic (exact) mass is 285 g/mol. The number of nitrogens with one attached hydrogen (secondary N) is 1. The Morgan fingerprint density at radius 1 is 1.24 bits per heavy atom. The summed E-state index contributed by atoms with van der Waals surface area (Å²) in [6.45, 7) is 6.39. The highest BCUT2D eigenvalue weighted by Gasteiger charge is 2.15. The second kappa shape index (κ2) is 6.31. The normalized spacial score (nSPS) is 15.4. The van der Waals surface area contributed by atoms with E-state index in [4.69, 9.17) is 9.72 Å². The molecule has 0 unspecified atom stereocenters. The van der Waals surface area contributed by atoms with Crippen LogP contribution in [0, 0.1) is 0 Å². The fourth-order valence-corrected chi connectivity index (χ4v) is 2.92. The smallest absolute Gasteiger partial charge is 0.121 e. The second-order valence-electron chi connectivity index (χ2n) is 5.50. The lowest BCUT2D eigenvalue weighted by atomic mass is 10.1. The molecule has 2 heterocycles. The second-order valence-corrected chi connectivity index (χ2v) is 5.50. The van der Waals surface area contributed by atoms with E-state index >= 15 is 0 Å². The molecule has 1 saturated heterocycles. The first-order valence-electron chi connectivity index (χ1n) is 7.75. The standard InChI is InChI=1S/C17H23N3O/c1-3-4-13-11-17(20-9-7-18-8-10-20)15-6-5-14(21-2)12-16(15)19-13/h5-6,11-12,18H,3-4,7-10H2,1-2H3. The van der Waals surface area contributed by atoms with Crippen molar-refractivity contribution in [3.05, 3.63) is 30.0 Å². The van der Waals surface area contributed by atoms with Gasteiger partial charge in [0, 0.05) is 49.0 Å². The van der Waals surface area contributed by atoms with Crippen molar-refractivity contribution in [2.45, 2.75) is 19.8 Å². The molecule has 1 aromatic heterocycles. The molecule has 0 saturated carbocycles. The minimum Gasteiger partial charge on any atom is -0.497 e. The quantitative estimate of drug-likeness (QED) is 0.937. The Labute approximate surface area is 126 Å². The molecule has 0 amide bonds. The predicted molar refractivity (Wildman–Crippen MR) is 87.4 cm³/mol. The molecule has 1 N–H and O–H groups in total. The van der Waals surface area contributed by atoms with Crippen LogP contribution in [0.3, 0.4) is 0 Å². The first-order chi connectivity index (χ1) is 10.3. The van der Waals surface area contributed by atoms with Crippen molar-refractivity contribution < 1.29 is 4.74 Å². The van der Waals surface area contributed by atoms with Crippen LogP contribution in [0.1, 0.15) is 19.0 Å². The molecule has 0 spiro atoms. The van der Waals surface area contributed by atoms with Crippen molar-refractivity contribution in [2.75, 3.05) is 38.2 Å². The summed E-state index contributed by atoms with van der Waals surface area (Å²) in [6, 6.07) is 8.47. The van der Waals surface area contributed by atoms with Gasteiger partial charge in [0.15, 0.2) is 0 Å². The van der Waals surface area contributed by atoms with Crippen LogP contribution in [-0.4, -0.2) is 38.3 Å². The van der Waals surface area contributed by atoms with Crippen LogP contribution in [0.15, 0.2) is 24.3 Å². The van der Waals surface area contributed by atoms with Crippen LogP contribution in [0.5, 0.6) is 5.75 Å². The average Bonchev–Trinajstić information content (AvgIpc) is 2.54. The van der Waals surface area contributed by atoms with Crippen molar-refractivity contribution in [2.24, 2.45) is 0 Å². The number of methoxy groups -OCH3 is 1. The highest BCUT2D eigenvalue weighted by Crippen LogP contribution is 2.30. The van der Waals surface area contributed by atoms with Gasteiger partial charge in [-0.3, -0.25) is 4.98 Å². The van der Waals surface area contributed by atoms with E-state index in [1.165, 1.54) is 16.8 Å². The van der Waals surface area contributed by atoms with Gasteiger partial charge >= 0.3 is 0 Å². The number of benzene rings is 1. The zero-order valence-electron chi connectivity index (χ0n) is 12.9. The maximum Gasteiger partial charge on any atom is 0.121 e. The van der Waals surface area contributed by atoms with Gasteiger partial charge in [0.25, 0.3) is 0 Å². The number of rotatable bonds is 4. The number of pyridine rings is 1. The number of nitrogens with zero attached hydrogens (tertiary/aromatic N) is 2. The summed E-state index contributed by atoms with van der Waals surface area (Å²) >= 11 is 0. The topological polar surface area (TPSA) is 37.4 Å². The Balaban J connectivity index is 2.10. The molecular formula is C17H23N3O. The highest BCUT2D eigenvalue weighted by atomic mass is 16.5. The number of piperazine rings is 1. The molecule has 2 aromatic rings. The van der Waals surface area contributed by atoms with E-state index in [0.717, 1.165) is 50.3 Å². The van der Waals surface area contributed by atoms with Crippen LogP contribution >= 0.6 is 0 Å². The van der Waals surface area contributed by atoms with Gasteiger partial charge in [-0.2, -0.15) is 0 Å². The molecule has 1 fully saturated rings. The summed E-state index contributed by atoms with van der Waals surface area (Å²) in [5.41, 5.74) is 3.52. The molecule has 1 aliphatic rings. The van der Waals surface area contributed by atoms with Crippen LogP contribution in [0.4, 0.5) is 5.69 Å². The fourth-order valence-electron chi connectivity index (χ4n) is 2.92. The summed E-state index contributed by atoms with van der Waals surface area (Å²) in [5.74, 6) is 0.870. The van der Waals surface area contributed by atoms with Crippen molar-refractivity contribution in [3.8, 4) is 5.75 Å². The van der Waals surface area contributed by atoms with Gasteiger partial charge in [-0.1, -0.05) is 13.3 Å². The Hall–Kier alpha value is -1.81. The molecule has 0 radical (unpaired) electrons. The highest BCUT2D eigenvalue weighted by molar-refractivity contribution is 5.93. The van der Waals surface area contributed by atoms with Crippen molar-refractivity contribution in [3.63, 3.8) is 0 Å². The van der Waals surface area contributed by atoms with Crippen LogP contribution in [0.2, 0.25) is 0 Å². The Bertz CT molecular complexity index is 621. The number of hydrogen-bond donors (Lipinski definition) is 1. The van der Waals surface area contributed by atoms with E-state index in [1.807, 2.05) is 12.1 Å². The van der Waals surface area contributed by atoms with Gasteiger partial charge in [0.05, 0.1) is 12.6 Å². The Morgan fingerprint density at radius 3 is 2.76 bits per heavy atom. The SMILES string of the molecule is CCCc1cc(N2CCNCC2)c2ccc(OC)cc2n1. The lowest BCUT2D eigenvalue weighted by molar-refractivity contribution is 0.415. The first kappa shape index (κ1) is 14.1. The molecule has 21 heavy (non-hydrogen) atoms. The predicted octanol–water partition coefficient (Wildman–Crippen LogP) is 2.61. The molecule has 4 nitrogen and oxygen atoms in total. The number of hydrogen-bond acceptors (Lipinski definition) is 4. The van der Waals surface area contributed by atoms with Gasteiger partial charge < -0.3 is 15.0 Å². The number of ether oxygens (including phenoxy) is 1. The van der Waals surface area contributed by atoms with E-state index in [1.54, 1.807) is 7.11 Å². The third kappa shape index (κ3) is 2.95. The Morgan fingerprint density at radius 2 is 2.05 bits per heavy atom. The summed E-state index contributed by atoms with van der Waals surface area (Å²) in [4.78, 5) is 7.27. The van der Waals surface area contributed by atoms with E-state index in [9.17, 15) is 0 Å². The van der Waals surface area contributed by atoms with Crippen molar-refractivity contribution in [1.29, 1.82) is 0 Å². The molecule has 1 aromatic carbocycles. The van der Waals surface area contributed by atoms with Crippen LogP contribution in [0.25, 0.3) is 10.9 Å². The van der Waals surface area contributed by atoms with E-state index in [-0.39, 0.29) is 0 Å². The van der Waals surface area contributed by atoms with Gasteiger partial charge in [-0.25, -0.2) is 0 Å². The molecular weight excluding hydrogens is 262 g/mol. The zero-order valence-corrected chi connectivity index (χ0v) is 12.9. The van der Waals surface area contributed by atoms with E-state index < -0.39 is 0 Å². The minimum atomic E-state index is 0.870. The minimum absolute atomic E-state index is 0.870. The summed E-state index contributed by atoms with van der Waals surface area (Å²) in [5, 5.41) is 4.63. The maximum atomic E-state index is 5.34. The summed E-state index contributed by atoms with van der Waals surface area (Å²) < 4.78 is 5.34. The number of fused-ring (bicyclic) bond motifs is 1. The maximum absolute atomic E-state index is 5.34. The largest absolute Gasteiger partial charge is 0.497 e. The van der Waals surface area contributed by atoms with E-state index in [2.05, 4.69) is 29.3 Å². The van der Waals surface area contributed by atoms with Gasteiger partial charge in [-0.15, -0.1) is 0 Å². The van der Waals surface area contributed by atoms with Crippen LogP contribution < -0.4 is 15.0 Å². The number of aryl methyl sites for hydroxylation is 1. The number of aromatic nitrogens is 1. The van der Waals surface area contributed by atoms with Gasteiger partial charge in [0.2, 0.25) is 0 Å². The lowest BCUT2D eigenvalue weighted by Crippen LogP contribution is -2.43. The van der Waals surface area contributed by atoms with E-state index in [0.29, 0.717) is 0 Å². The molecule has 3 rings (SSSR count). The number of anilines is 1. The Kier molecular flexibility index (Phi) is 4.25. The third-order valence-corrected chi connectivity index (χ3v) is 4.01. The molecule has 0 aliphatic carbocycles. The van der Waals surface area contributed by atoms with Crippen molar-refractivity contribution >= 4 is 16.6 Å². The lowest BCUT2D eigenvalue weighted by Gasteiger charge is -2.30. The average molecular weight is 285 g/mol. The molecule has 4 heteroatoms. The molecule has 0 bridgehead atoms. The summed E-state index contributed by atoms with van der Waals surface area (Å²) in [6.07, 6.45) is 2.13.